The van der Waals surface area contributed by atoms with Gasteiger partial charge in [-0.1, -0.05) is 26.0 Å². The van der Waals surface area contributed by atoms with Crippen LogP contribution in [0.1, 0.15) is 39.2 Å². The summed E-state index contributed by atoms with van der Waals surface area (Å²) in [5.74, 6) is -1.41. The van der Waals surface area contributed by atoms with Crippen LogP contribution in [0.15, 0.2) is 29.2 Å². The highest BCUT2D eigenvalue weighted by Gasteiger charge is 2.47. The Morgan fingerprint density at radius 2 is 1.75 bits per heavy atom. The minimum absolute atomic E-state index is 0.0876. The highest BCUT2D eigenvalue weighted by atomic mass is 32.2. The number of hydrogen-bond acceptors (Lipinski definition) is 3. The molecule has 0 bridgehead atoms. The number of carbonyl (C=O) groups is 1. The van der Waals surface area contributed by atoms with Crippen molar-refractivity contribution in [3.05, 3.63) is 29.8 Å². The molecule has 0 saturated heterocycles. The highest BCUT2D eigenvalue weighted by Crippen LogP contribution is 2.37. The minimum atomic E-state index is -4.87. The van der Waals surface area contributed by atoms with E-state index in [1.807, 2.05) is 0 Å². The first kappa shape index (κ1) is 20.4. The molecule has 1 aromatic rings. The average Bonchev–Trinajstić information content (AvgIpc) is 2.50. The van der Waals surface area contributed by atoms with Gasteiger partial charge in [0, 0.05) is 6.54 Å². The van der Waals surface area contributed by atoms with E-state index in [1.165, 1.54) is 19.9 Å². The second-order valence-corrected chi connectivity index (χ2v) is 7.33. The van der Waals surface area contributed by atoms with Crippen LogP contribution in [-0.2, 0) is 21.0 Å². The lowest BCUT2D eigenvalue weighted by Crippen LogP contribution is -2.55. The number of nitrogens with zero attached hydrogens (tertiary/aromatic N) is 1. The van der Waals surface area contributed by atoms with Crippen LogP contribution >= 0.6 is 0 Å². The number of alkyl halides is 3. The number of benzene rings is 1. The fourth-order valence-corrected chi connectivity index (χ4v) is 4.42. The Kier molecular flexibility index (Phi) is 6.05. The van der Waals surface area contributed by atoms with Gasteiger partial charge in [-0.25, -0.2) is 8.42 Å². The lowest BCUT2D eigenvalue weighted by molar-refractivity contribution is -0.147. The molecule has 0 saturated carbocycles. The van der Waals surface area contributed by atoms with Crippen LogP contribution in [-0.4, -0.2) is 35.9 Å². The van der Waals surface area contributed by atoms with E-state index >= 15 is 0 Å². The van der Waals surface area contributed by atoms with Gasteiger partial charge in [0.2, 0.25) is 10.0 Å². The van der Waals surface area contributed by atoms with Crippen molar-refractivity contribution in [3.8, 4) is 0 Å². The molecule has 1 atom stereocenters. The summed E-state index contributed by atoms with van der Waals surface area (Å²) >= 11 is 0. The second kappa shape index (κ2) is 7.10. The maximum atomic E-state index is 13.2. The maximum Gasteiger partial charge on any atom is 0.417 e. The van der Waals surface area contributed by atoms with Crippen molar-refractivity contribution >= 4 is 16.0 Å². The zero-order valence-electron chi connectivity index (χ0n) is 13.6. The molecule has 0 aliphatic rings. The third-order valence-electron chi connectivity index (χ3n) is 3.89. The van der Waals surface area contributed by atoms with Crippen molar-refractivity contribution in [3.63, 3.8) is 0 Å². The third-order valence-corrected chi connectivity index (χ3v) is 5.96. The van der Waals surface area contributed by atoms with Gasteiger partial charge in [-0.3, -0.25) is 4.79 Å². The number of carboxylic acid groups (broad SMARTS) is 1. The van der Waals surface area contributed by atoms with E-state index in [4.69, 9.17) is 0 Å². The number of rotatable bonds is 7. The quantitative estimate of drug-likeness (QED) is 0.802. The van der Waals surface area contributed by atoms with E-state index in [2.05, 4.69) is 0 Å². The van der Waals surface area contributed by atoms with Crippen molar-refractivity contribution in [2.75, 3.05) is 6.54 Å². The normalized spacial score (nSPS) is 15.3. The number of hydrogen-bond donors (Lipinski definition) is 1. The molecule has 5 nitrogen and oxygen atoms in total. The molecule has 1 N–H and O–H groups in total. The number of aliphatic carboxylic acids is 1. The summed E-state index contributed by atoms with van der Waals surface area (Å²) in [6.45, 7) is 4.09. The Hall–Kier alpha value is -1.61. The third kappa shape index (κ3) is 3.72. The van der Waals surface area contributed by atoms with Crippen LogP contribution in [0.25, 0.3) is 0 Å². The number of carboxylic acids is 1. The fourth-order valence-electron chi connectivity index (χ4n) is 2.31. The Morgan fingerprint density at radius 1 is 1.21 bits per heavy atom. The second-order valence-electron chi connectivity index (χ2n) is 5.50. The van der Waals surface area contributed by atoms with Gasteiger partial charge in [-0.15, -0.1) is 0 Å². The SMILES string of the molecule is CCCN(C(C)(CC)C(=O)O)S(=O)(=O)c1ccccc1C(F)(F)F. The van der Waals surface area contributed by atoms with Gasteiger partial charge >= 0.3 is 12.1 Å². The van der Waals surface area contributed by atoms with Crippen LogP contribution in [0.5, 0.6) is 0 Å². The molecule has 0 heterocycles. The highest BCUT2D eigenvalue weighted by molar-refractivity contribution is 7.89. The molecule has 0 aliphatic carbocycles. The van der Waals surface area contributed by atoms with Crippen LogP contribution in [0.4, 0.5) is 13.2 Å². The van der Waals surface area contributed by atoms with Gasteiger partial charge in [-0.05, 0) is 31.9 Å². The molecular weight excluding hydrogens is 347 g/mol. The van der Waals surface area contributed by atoms with Gasteiger partial charge in [0.1, 0.15) is 5.54 Å². The van der Waals surface area contributed by atoms with E-state index in [1.54, 1.807) is 6.92 Å². The van der Waals surface area contributed by atoms with E-state index in [0.717, 1.165) is 12.1 Å². The van der Waals surface area contributed by atoms with E-state index in [9.17, 15) is 31.5 Å². The van der Waals surface area contributed by atoms with Gasteiger partial charge in [0.25, 0.3) is 0 Å². The predicted octanol–water partition coefficient (Wildman–Crippen LogP) is 3.36. The summed E-state index contributed by atoms with van der Waals surface area (Å²) in [4.78, 5) is 10.7. The molecule has 136 valence electrons. The zero-order chi connectivity index (χ0) is 18.8. The summed E-state index contributed by atoms with van der Waals surface area (Å²) in [7, 11) is -4.66. The predicted molar refractivity (Wildman–Crippen MR) is 82.0 cm³/mol. The molecule has 1 aromatic carbocycles. The first-order chi connectivity index (χ1) is 10.9. The average molecular weight is 367 g/mol. The van der Waals surface area contributed by atoms with E-state index in [0.29, 0.717) is 10.4 Å². The fraction of sp³-hybridized carbons (Fsp3) is 0.533. The van der Waals surface area contributed by atoms with Crippen LogP contribution in [0, 0.1) is 0 Å². The summed E-state index contributed by atoms with van der Waals surface area (Å²) in [6.07, 6.45) is -4.70. The molecular formula is C15H20F3NO4S. The van der Waals surface area contributed by atoms with E-state index in [-0.39, 0.29) is 19.4 Å². The van der Waals surface area contributed by atoms with Crippen molar-refractivity contribution in [1.82, 2.24) is 4.31 Å². The Labute approximate surface area is 139 Å². The largest absolute Gasteiger partial charge is 0.480 e. The van der Waals surface area contributed by atoms with Crippen molar-refractivity contribution in [1.29, 1.82) is 0 Å². The summed E-state index contributed by atoms with van der Waals surface area (Å²) in [5, 5.41) is 9.44. The molecule has 0 aromatic heterocycles. The van der Waals surface area contributed by atoms with Crippen molar-refractivity contribution in [2.45, 2.75) is 50.2 Å². The minimum Gasteiger partial charge on any atom is -0.480 e. The van der Waals surface area contributed by atoms with Gasteiger partial charge in [0.15, 0.2) is 0 Å². The molecule has 1 unspecified atom stereocenters. The smallest absolute Gasteiger partial charge is 0.417 e. The summed E-state index contributed by atoms with van der Waals surface area (Å²) in [6, 6.07) is 3.78. The summed E-state index contributed by atoms with van der Waals surface area (Å²) < 4.78 is 65.9. The molecule has 0 spiro atoms. The molecule has 24 heavy (non-hydrogen) atoms. The van der Waals surface area contributed by atoms with E-state index < -0.39 is 38.2 Å². The molecule has 0 fully saturated rings. The Morgan fingerprint density at radius 3 is 2.17 bits per heavy atom. The standard InChI is InChI=1S/C15H20F3NO4S/c1-4-10-19(14(3,5-2)13(20)21)24(22,23)12-9-7-6-8-11(12)15(16,17)18/h6-9H,4-5,10H2,1-3H3,(H,20,21). The molecule has 0 radical (unpaired) electrons. The number of sulfonamides is 1. The molecule has 0 aliphatic heterocycles. The maximum absolute atomic E-state index is 13.2. The molecule has 9 heteroatoms. The molecule has 0 amide bonds. The van der Waals surface area contributed by atoms with Gasteiger partial charge in [0.05, 0.1) is 10.5 Å². The Bertz CT molecular complexity index is 703. The topological polar surface area (TPSA) is 74.7 Å². The zero-order valence-corrected chi connectivity index (χ0v) is 14.4. The van der Waals surface area contributed by atoms with Crippen LogP contribution < -0.4 is 0 Å². The van der Waals surface area contributed by atoms with Crippen molar-refractivity contribution < 1.29 is 31.5 Å². The van der Waals surface area contributed by atoms with Crippen LogP contribution in [0.3, 0.4) is 0 Å². The van der Waals surface area contributed by atoms with Crippen molar-refractivity contribution in [2.24, 2.45) is 0 Å². The lowest BCUT2D eigenvalue weighted by Gasteiger charge is -2.36. The summed E-state index contributed by atoms with van der Waals surface area (Å²) in [5.41, 5.74) is -3.15. The number of halogens is 3. The van der Waals surface area contributed by atoms with Gasteiger partial charge in [-0.2, -0.15) is 17.5 Å². The van der Waals surface area contributed by atoms with Gasteiger partial charge < -0.3 is 5.11 Å². The Balaban J connectivity index is 3.64. The lowest BCUT2D eigenvalue weighted by atomic mass is 9.99. The van der Waals surface area contributed by atoms with Crippen LogP contribution in [0.2, 0.25) is 0 Å². The molecule has 1 rings (SSSR count). The first-order valence-corrected chi connectivity index (χ1v) is 8.79. The first-order valence-electron chi connectivity index (χ1n) is 7.35. The monoisotopic (exact) mass is 367 g/mol.